The maximum Gasteiger partial charge on any atom is 0.209 e. The lowest BCUT2D eigenvalue weighted by molar-refractivity contribution is 0.664. The van der Waals surface area contributed by atoms with Crippen LogP contribution in [0.5, 0.6) is 0 Å². The fourth-order valence-corrected chi connectivity index (χ4v) is 1.75. The molecule has 0 N–H and O–H groups in total. The predicted molar refractivity (Wildman–Crippen MR) is 55.4 cm³/mol. The standard InChI is InChI=1S/C7H7ClN6S/c1-14-7(11-12-13-14)15-4-5-2-3-6(8)10-9-5/h2-3H,4H2,1H3. The van der Waals surface area contributed by atoms with Crippen molar-refractivity contribution in [2.24, 2.45) is 7.05 Å². The summed E-state index contributed by atoms with van der Waals surface area (Å²) in [6.07, 6.45) is 0. The first-order valence-electron chi connectivity index (χ1n) is 4.09. The number of aryl methyl sites for hydroxylation is 1. The molecular formula is C7H7ClN6S. The molecule has 0 aromatic carbocycles. The van der Waals surface area contributed by atoms with E-state index in [1.807, 2.05) is 6.07 Å². The van der Waals surface area contributed by atoms with Crippen molar-refractivity contribution in [1.29, 1.82) is 0 Å². The largest absolute Gasteiger partial charge is 0.224 e. The van der Waals surface area contributed by atoms with Crippen LogP contribution in [0.4, 0.5) is 0 Å². The lowest BCUT2D eigenvalue weighted by atomic mass is 10.4. The Morgan fingerprint density at radius 2 is 2.20 bits per heavy atom. The van der Waals surface area contributed by atoms with Crippen LogP contribution in [-0.2, 0) is 12.8 Å². The topological polar surface area (TPSA) is 69.4 Å². The van der Waals surface area contributed by atoms with Crippen LogP contribution in [0.15, 0.2) is 17.3 Å². The second-order valence-corrected chi connectivity index (χ2v) is 4.05. The van der Waals surface area contributed by atoms with Crippen LogP contribution >= 0.6 is 23.4 Å². The zero-order valence-corrected chi connectivity index (χ0v) is 9.40. The molecule has 0 radical (unpaired) electrons. The van der Waals surface area contributed by atoms with Crippen molar-refractivity contribution >= 4 is 23.4 Å². The first-order valence-corrected chi connectivity index (χ1v) is 5.45. The van der Waals surface area contributed by atoms with E-state index in [0.29, 0.717) is 10.9 Å². The van der Waals surface area contributed by atoms with Gasteiger partial charge in [0.25, 0.3) is 0 Å². The Bertz CT molecular complexity index is 441. The number of tetrazole rings is 1. The van der Waals surface area contributed by atoms with Crippen LogP contribution in [-0.4, -0.2) is 30.4 Å². The average molecular weight is 243 g/mol. The van der Waals surface area contributed by atoms with E-state index in [2.05, 4.69) is 25.7 Å². The van der Waals surface area contributed by atoms with Gasteiger partial charge >= 0.3 is 0 Å². The van der Waals surface area contributed by atoms with Crippen LogP contribution in [0, 0.1) is 0 Å². The van der Waals surface area contributed by atoms with Crippen molar-refractivity contribution in [3.8, 4) is 0 Å². The van der Waals surface area contributed by atoms with Crippen molar-refractivity contribution in [2.75, 3.05) is 0 Å². The SMILES string of the molecule is Cn1nnnc1SCc1ccc(Cl)nn1. The van der Waals surface area contributed by atoms with Gasteiger partial charge in [0.15, 0.2) is 5.15 Å². The molecule has 8 heteroatoms. The summed E-state index contributed by atoms with van der Waals surface area (Å²) in [6, 6.07) is 3.53. The van der Waals surface area contributed by atoms with Gasteiger partial charge in [0, 0.05) is 12.8 Å². The first kappa shape index (κ1) is 10.3. The molecule has 0 saturated carbocycles. The zero-order valence-electron chi connectivity index (χ0n) is 7.83. The Kier molecular flexibility index (Phi) is 3.12. The van der Waals surface area contributed by atoms with E-state index in [1.54, 1.807) is 17.8 Å². The normalized spacial score (nSPS) is 10.5. The summed E-state index contributed by atoms with van der Waals surface area (Å²) in [6.45, 7) is 0. The maximum atomic E-state index is 5.62. The molecule has 0 fully saturated rings. The predicted octanol–water partition coefficient (Wildman–Crippen LogP) is 0.946. The van der Waals surface area contributed by atoms with Gasteiger partial charge in [-0.3, -0.25) is 0 Å². The fourth-order valence-electron chi connectivity index (χ4n) is 0.903. The van der Waals surface area contributed by atoms with Gasteiger partial charge in [0.1, 0.15) is 0 Å². The summed E-state index contributed by atoms with van der Waals surface area (Å²) in [5, 5.41) is 19.9. The van der Waals surface area contributed by atoms with Crippen molar-refractivity contribution in [3.63, 3.8) is 0 Å². The van der Waals surface area contributed by atoms with E-state index < -0.39 is 0 Å². The number of thioether (sulfide) groups is 1. The molecule has 2 rings (SSSR count). The van der Waals surface area contributed by atoms with Crippen molar-refractivity contribution < 1.29 is 0 Å². The van der Waals surface area contributed by atoms with Crippen molar-refractivity contribution in [1.82, 2.24) is 30.4 Å². The van der Waals surface area contributed by atoms with E-state index >= 15 is 0 Å². The molecule has 0 bridgehead atoms. The highest BCUT2D eigenvalue weighted by Gasteiger charge is 2.04. The van der Waals surface area contributed by atoms with Crippen LogP contribution in [0.2, 0.25) is 5.15 Å². The number of aromatic nitrogens is 6. The van der Waals surface area contributed by atoms with Gasteiger partial charge in [-0.25, -0.2) is 4.68 Å². The lowest BCUT2D eigenvalue weighted by Crippen LogP contribution is -1.95. The molecule has 0 aliphatic carbocycles. The van der Waals surface area contributed by atoms with Crippen molar-refractivity contribution in [2.45, 2.75) is 10.9 Å². The van der Waals surface area contributed by atoms with Gasteiger partial charge < -0.3 is 0 Å². The minimum atomic E-state index is 0.393. The number of hydrogen-bond donors (Lipinski definition) is 0. The quantitative estimate of drug-likeness (QED) is 0.747. The maximum absolute atomic E-state index is 5.62. The lowest BCUT2D eigenvalue weighted by Gasteiger charge is -1.98. The van der Waals surface area contributed by atoms with Crippen LogP contribution in [0.1, 0.15) is 5.69 Å². The van der Waals surface area contributed by atoms with Gasteiger partial charge in [-0.1, -0.05) is 23.4 Å². The van der Waals surface area contributed by atoms with Crippen LogP contribution in [0.3, 0.4) is 0 Å². The molecule has 0 unspecified atom stereocenters. The molecule has 2 aromatic heterocycles. The third-order valence-corrected chi connectivity index (χ3v) is 2.86. The number of nitrogens with zero attached hydrogens (tertiary/aromatic N) is 6. The summed E-state index contributed by atoms with van der Waals surface area (Å²) in [4.78, 5) is 0. The van der Waals surface area contributed by atoms with Gasteiger partial charge in [-0.05, 0) is 22.6 Å². The monoisotopic (exact) mass is 242 g/mol. The van der Waals surface area contributed by atoms with Gasteiger partial charge in [0.05, 0.1) is 5.69 Å². The van der Waals surface area contributed by atoms with Gasteiger partial charge in [0.2, 0.25) is 5.16 Å². The molecule has 0 saturated heterocycles. The molecule has 15 heavy (non-hydrogen) atoms. The van der Waals surface area contributed by atoms with Gasteiger partial charge in [-0.15, -0.1) is 10.2 Å². The zero-order chi connectivity index (χ0) is 10.7. The van der Waals surface area contributed by atoms with Crippen molar-refractivity contribution in [3.05, 3.63) is 23.0 Å². The summed E-state index contributed by atoms with van der Waals surface area (Å²) in [5.74, 6) is 0.665. The summed E-state index contributed by atoms with van der Waals surface area (Å²) in [7, 11) is 1.79. The highest BCUT2D eigenvalue weighted by atomic mass is 35.5. The van der Waals surface area contributed by atoms with E-state index in [4.69, 9.17) is 11.6 Å². The molecule has 0 atom stereocenters. The smallest absolute Gasteiger partial charge is 0.209 e. The van der Waals surface area contributed by atoms with Crippen LogP contribution < -0.4 is 0 Å². The molecule has 0 amide bonds. The highest BCUT2D eigenvalue weighted by molar-refractivity contribution is 7.98. The third kappa shape index (κ3) is 2.63. The Morgan fingerprint density at radius 3 is 2.80 bits per heavy atom. The van der Waals surface area contributed by atoms with E-state index in [9.17, 15) is 0 Å². The van der Waals surface area contributed by atoms with Gasteiger partial charge in [-0.2, -0.15) is 5.10 Å². The molecule has 2 heterocycles. The molecule has 0 aliphatic rings. The minimum Gasteiger partial charge on any atom is -0.224 e. The molecule has 2 aromatic rings. The second-order valence-electron chi connectivity index (χ2n) is 2.72. The molecule has 0 spiro atoms. The summed E-state index contributed by atoms with van der Waals surface area (Å²) < 4.78 is 1.61. The highest BCUT2D eigenvalue weighted by Crippen LogP contribution is 2.17. The summed E-state index contributed by atoms with van der Waals surface area (Å²) in [5.41, 5.74) is 0.840. The molecular weight excluding hydrogens is 236 g/mol. The Morgan fingerprint density at radius 1 is 1.33 bits per heavy atom. The van der Waals surface area contributed by atoms with Crippen LogP contribution in [0.25, 0.3) is 0 Å². The molecule has 78 valence electrons. The fraction of sp³-hybridized carbons (Fsp3) is 0.286. The van der Waals surface area contributed by atoms with E-state index in [0.717, 1.165) is 10.9 Å². The average Bonchev–Trinajstić information content (AvgIpc) is 2.63. The summed E-state index contributed by atoms with van der Waals surface area (Å²) >= 11 is 7.11. The third-order valence-electron chi connectivity index (χ3n) is 1.62. The number of rotatable bonds is 3. The second kappa shape index (κ2) is 4.54. The number of halogens is 1. The minimum absolute atomic E-state index is 0.393. The molecule has 6 nitrogen and oxygen atoms in total. The Hall–Kier alpha value is -1.21. The van der Waals surface area contributed by atoms with E-state index in [-0.39, 0.29) is 0 Å². The Labute approximate surface area is 95.0 Å². The molecule has 0 aliphatic heterocycles. The number of hydrogen-bond acceptors (Lipinski definition) is 6. The first-order chi connectivity index (χ1) is 7.25. The van der Waals surface area contributed by atoms with E-state index in [1.165, 1.54) is 11.8 Å². The Balaban J connectivity index is 1.99.